The predicted octanol–water partition coefficient (Wildman–Crippen LogP) is 0.952. The average molecular weight is 356 g/mol. The van der Waals surface area contributed by atoms with Crippen LogP contribution in [0.2, 0.25) is 0 Å². The summed E-state index contributed by atoms with van der Waals surface area (Å²) < 4.78 is 0. The highest BCUT2D eigenvalue weighted by Gasteiger charge is 2.37. The molecule has 1 fully saturated rings. The SMILES string of the molecule is CNC(=O)[C@@H]1CCCN1C(=O)[C@H](Cc1c[nH]c2ccccc12)NC(C)=O. The lowest BCUT2D eigenvalue weighted by Crippen LogP contribution is -2.53. The quantitative estimate of drug-likeness (QED) is 0.744. The number of amides is 3. The number of hydrogen-bond donors (Lipinski definition) is 3. The maximum Gasteiger partial charge on any atom is 0.246 e. The molecule has 2 heterocycles. The predicted molar refractivity (Wildman–Crippen MR) is 98.4 cm³/mol. The molecule has 1 aromatic carbocycles. The topological polar surface area (TPSA) is 94.3 Å². The number of fused-ring (bicyclic) bond motifs is 1. The number of nitrogens with one attached hydrogen (secondary N) is 3. The van der Waals surface area contributed by atoms with Crippen LogP contribution in [0.15, 0.2) is 30.5 Å². The smallest absolute Gasteiger partial charge is 0.246 e. The van der Waals surface area contributed by atoms with Crippen LogP contribution in [0.25, 0.3) is 10.9 Å². The standard InChI is InChI=1S/C19H24N4O3/c1-12(24)22-16(10-13-11-21-15-7-4-3-6-14(13)15)19(26)23-9-5-8-17(23)18(25)20-2/h3-4,6-7,11,16-17,21H,5,8-10H2,1-2H3,(H,20,25)(H,22,24)/t16-,17-/m0/s1. The summed E-state index contributed by atoms with van der Waals surface area (Å²) in [5, 5.41) is 6.41. The first kappa shape index (κ1) is 18.0. The van der Waals surface area contributed by atoms with Gasteiger partial charge in [-0.3, -0.25) is 14.4 Å². The van der Waals surface area contributed by atoms with Crippen LogP contribution in [0.1, 0.15) is 25.3 Å². The van der Waals surface area contributed by atoms with Crippen LogP contribution in [0.5, 0.6) is 0 Å². The summed E-state index contributed by atoms with van der Waals surface area (Å²) in [5.41, 5.74) is 1.95. The van der Waals surface area contributed by atoms with Gasteiger partial charge in [-0.1, -0.05) is 18.2 Å². The molecule has 3 rings (SSSR count). The van der Waals surface area contributed by atoms with Crippen LogP contribution in [0, 0.1) is 0 Å². The van der Waals surface area contributed by atoms with E-state index in [1.165, 1.54) is 6.92 Å². The maximum absolute atomic E-state index is 13.1. The van der Waals surface area contributed by atoms with Gasteiger partial charge in [0.05, 0.1) is 0 Å². The fourth-order valence-corrected chi connectivity index (χ4v) is 3.64. The van der Waals surface area contributed by atoms with Crippen molar-refractivity contribution in [1.82, 2.24) is 20.5 Å². The van der Waals surface area contributed by atoms with Crippen molar-refractivity contribution in [2.75, 3.05) is 13.6 Å². The first-order chi connectivity index (χ1) is 12.5. The summed E-state index contributed by atoms with van der Waals surface area (Å²) in [7, 11) is 1.57. The molecule has 0 saturated carbocycles. The molecule has 3 amide bonds. The molecular weight excluding hydrogens is 332 g/mol. The maximum atomic E-state index is 13.1. The Kier molecular flexibility index (Phi) is 5.25. The van der Waals surface area contributed by atoms with Gasteiger partial charge in [0, 0.05) is 44.0 Å². The van der Waals surface area contributed by atoms with Crippen LogP contribution in [0.3, 0.4) is 0 Å². The Bertz CT molecular complexity index is 829. The first-order valence-electron chi connectivity index (χ1n) is 8.85. The summed E-state index contributed by atoms with van der Waals surface area (Å²) in [6.45, 7) is 1.93. The van der Waals surface area contributed by atoms with Crippen molar-refractivity contribution in [1.29, 1.82) is 0 Å². The van der Waals surface area contributed by atoms with Crippen molar-refractivity contribution in [2.45, 2.75) is 38.3 Å². The Morgan fingerprint density at radius 1 is 1.31 bits per heavy atom. The zero-order valence-corrected chi connectivity index (χ0v) is 15.0. The van der Waals surface area contributed by atoms with Crippen molar-refractivity contribution >= 4 is 28.6 Å². The molecule has 2 aromatic rings. The van der Waals surface area contributed by atoms with E-state index in [2.05, 4.69) is 15.6 Å². The monoisotopic (exact) mass is 356 g/mol. The highest BCUT2D eigenvalue weighted by molar-refractivity contribution is 5.93. The Hall–Kier alpha value is -2.83. The number of likely N-dealkylation sites (N-methyl/N-ethyl adjacent to an activating group) is 1. The van der Waals surface area contributed by atoms with E-state index in [0.29, 0.717) is 19.4 Å². The molecular formula is C19H24N4O3. The molecule has 0 aliphatic carbocycles. The van der Waals surface area contributed by atoms with E-state index in [-0.39, 0.29) is 17.7 Å². The summed E-state index contributed by atoms with van der Waals surface area (Å²) in [6.07, 6.45) is 3.67. The molecule has 0 unspecified atom stereocenters. The summed E-state index contributed by atoms with van der Waals surface area (Å²) >= 11 is 0. The Balaban J connectivity index is 1.84. The second kappa shape index (κ2) is 7.59. The number of nitrogens with zero attached hydrogens (tertiary/aromatic N) is 1. The van der Waals surface area contributed by atoms with Crippen LogP contribution < -0.4 is 10.6 Å². The minimum Gasteiger partial charge on any atom is -0.361 e. The van der Waals surface area contributed by atoms with E-state index in [0.717, 1.165) is 22.9 Å². The molecule has 7 nitrogen and oxygen atoms in total. The van der Waals surface area contributed by atoms with Gasteiger partial charge in [-0.2, -0.15) is 0 Å². The Morgan fingerprint density at radius 3 is 2.81 bits per heavy atom. The first-order valence-corrected chi connectivity index (χ1v) is 8.85. The highest BCUT2D eigenvalue weighted by atomic mass is 16.2. The molecule has 0 radical (unpaired) electrons. The number of para-hydroxylation sites is 1. The van der Waals surface area contributed by atoms with E-state index in [4.69, 9.17) is 0 Å². The van der Waals surface area contributed by atoms with Gasteiger partial charge in [0.15, 0.2) is 0 Å². The van der Waals surface area contributed by atoms with E-state index >= 15 is 0 Å². The zero-order chi connectivity index (χ0) is 18.7. The number of likely N-dealkylation sites (tertiary alicyclic amines) is 1. The van der Waals surface area contributed by atoms with Crippen molar-refractivity contribution < 1.29 is 14.4 Å². The number of aromatic amines is 1. The molecule has 0 spiro atoms. The number of carbonyl (C=O) groups is 3. The van der Waals surface area contributed by atoms with Gasteiger partial charge in [-0.15, -0.1) is 0 Å². The van der Waals surface area contributed by atoms with Gasteiger partial charge in [-0.05, 0) is 24.5 Å². The second-order valence-corrected chi connectivity index (χ2v) is 6.62. The second-order valence-electron chi connectivity index (χ2n) is 6.62. The number of hydrogen-bond acceptors (Lipinski definition) is 3. The van der Waals surface area contributed by atoms with E-state index in [1.807, 2.05) is 30.5 Å². The lowest BCUT2D eigenvalue weighted by atomic mass is 10.0. The zero-order valence-electron chi connectivity index (χ0n) is 15.0. The minimum absolute atomic E-state index is 0.162. The average Bonchev–Trinajstić information content (AvgIpc) is 3.27. The lowest BCUT2D eigenvalue weighted by molar-refractivity contribution is -0.141. The van der Waals surface area contributed by atoms with Crippen molar-refractivity contribution in [3.8, 4) is 0 Å². The summed E-state index contributed by atoms with van der Waals surface area (Å²) in [4.78, 5) is 41.6. The molecule has 138 valence electrons. The molecule has 2 atom stereocenters. The number of carbonyl (C=O) groups excluding carboxylic acids is 3. The highest BCUT2D eigenvalue weighted by Crippen LogP contribution is 2.22. The fraction of sp³-hybridized carbons (Fsp3) is 0.421. The third-order valence-electron chi connectivity index (χ3n) is 4.86. The van der Waals surface area contributed by atoms with Crippen LogP contribution in [-0.2, 0) is 20.8 Å². The van der Waals surface area contributed by atoms with E-state index in [1.54, 1.807) is 11.9 Å². The van der Waals surface area contributed by atoms with Crippen LogP contribution in [0.4, 0.5) is 0 Å². The Labute approximate surface area is 152 Å². The Morgan fingerprint density at radius 2 is 2.08 bits per heavy atom. The molecule has 0 bridgehead atoms. The number of H-pyrrole nitrogens is 1. The molecule has 7 heteroatoms. The lowest BCUT2D eigenvalue weighted by Gasteiger charge is -2.28. The third-order valence-corrected chi connectivity index (χ3v) is 4.86. The van der Waals surface area contributed by atoms with Gasteiger partial charge in [0.25, 0.3) is 0 Å². The van der Waals surface area contributed by atoms with Crippen molar-refractivity contribution in [3.05, 3.63) is 36.0 Å². The van der Waals surface area contributed by atoms with Gasteiger partial charge in [0.1, 0.15) is 12.1 Å². The van der Waals surface area contributed by atoms with E-state index in [9.17, 15) is 14.4 Å². The number of benzene rings is 1. The number of aromatic nitrogens is 1. The molecule has 1 aliphatic heterocycles. The van der Waals surface area contributed by atoms with Crippen LogP contribution in [-0.4, -0.2) is 53.3 Å². The summed E-state index contributed by atoms with van der Waals surface area (Å²) in [6, 6.07) is 6.67. The third kappa shape index (κ3) is 3.56. The van der Waals surface area contributed by atoms with Crippen molar-refractivity contribution in [3.63, 3.8) is 0 Å². The van der Waals surface area contributed by atoms with Gasteiger partial charge in [0.2, 0.25) is 17.7 Å². The van der Waals surface area contributed by atoms with E-state index < -0.39 is 12.1 Å². The van der Waals surface area contributed by atoms with Crippen LogP contribution >= 0.6 is 0 Å². The molecule has 26 heavy (non-hydrogen) atoms. The normalized spacial score (nSPS) is 17.9. The number of rotatable bonds is 5. The van der Waals surface area contributed by atoms with Gasteiger partial charge >= 0.3 is 0 Å². The fourth-order valence-electron chi connectivity index (χ4n) is 3.64. The molecule has 1 saturated heterocycles. The molecule has 1 aliphatic rings. The van der Waals surface area contributed by atoms with Gasteiger partial charge < -0.3 is 20.5 Å². The molecule has 3 N–H and O–H groups in total. The minimum atomic E-state index is -0.697. The van der Waals surface area contributed by atoms with Crippen molar-refractivity contribution in [2.24, 2.45) is 0 Å². The van der Waals surface area contributed by atoms with Gasteiger partial charge in [-0.25, -0.2) is 0 Å². The largest absolute Gasteiger partial charge is 0.361 e. The summed E-state index contributed by atoms with van der Waals surface area (Å²) in [5.74, 6) is -0.639. The molecule has 1 aromatic heterocycles.